The van der Waals surface area contributed by atoms with Gasteiger partial charge in [-0.25, -0.2) is 13.1 Å². The molecule has 0 saturated carbocycles. The van der Waals surface area contributed by atoms with Crippen LogP contribution in [0.3, 0.4) is 0 Å². The number of hydrogen-bond donors (Lipinski definition) is 2. The van der Waals surface area contributed by atoms with Crippen molar-refractivity contribution >= 4 is 22.4 Å². The summed E-state index contributed by atoms with van der Waals surface area (Å²) in [4.78, 5) is 0.313. The molecule has 0 aliphatic carbocycles. The zero-order valence-electron chi connectivity index (χ0n) is 10.1. The second kappa shape index (κ2) is 6.96. The van der Waals surface area contributed by atoms with E-state index < -0.39 is 10.0 Å². The number of nitrogens with two attached hydrogens (primary N) is 1. The van der Waals surface area contributed by atoms with Gasteiger partial charge in [-0.2, -0.15) is 0 Å². The van der Waals surface area contributed by atoms with Gasteiger partial charge in [0.1, 0.15) is 0 Å². The first-order chi connectivity index (χ1) is 7.47. The lowest BCUT2D eigenvalue weighted by Crippen LogP contribution is -2.26. The van der Waals surface area contributed by atoms with Gasteiger partial charge >= 0.3 is 0 Å². The van der Waals surface area contributed by atoms with Gasteiger partial charge in [0.25, 0.3) is 0 Å². The molecule has 0 aliphatic rings. The van der Waals surface area contributed by atoms with Gasteiger partial charge < -0.3 is 5.73 Å². The molecule has 3 N–H and O–H groups in total. The van der Waals surface area contributed by atoms with Crippen LogP contribution in [0.5, 0.6) is 0 Å². The summed E-state index contributed by atoms with van der Waals surface area (Å²) >= 11 is 0. The molecule has 0 unspecified atom stereocenters. The van der Waals surface area contributed by atoms with E-state index in [1.54, 1.807) is 12.1 Å². The molecule has 4 nitrogen and oxygen atoms in total. The highest BCUT2D eigenvalue weighted by molar-refractivity contribution is 7.89. The Bertz CT molecular complexity index is 461. The van der Waals surface area contributed by atoms with Crippen molar-refractivity contribution in [1.82, 2.24) is 4.72 Å². The molecule has 0 radical (unpaired) electrons. The van der Waals surface area contributed by atoms with Crippen molar-refractivity contribution in [3.63, 3.8) is 0 Å². The van der Waals surface area contributed by atoms with Crippen LogP contribution in [0.2, 0.25) is 0 Å². The first-order valence-electron chi connectivity index (χ1n) is 5.24. The number of sulfonamides is 1. The Morgan fingerprint density at radius 1 is 1.24 bits per heavy atom. The van der Waals surface area contributed by atoms with E-state index >= 15 is 0 Å². The largest absolute Gasteiger partial charge is 0.330 e. The van der Waals surface area contributed by atoms with Crippen LogP contribution in [0.15, 0.2) is 23.1 Å². The SMILES string of the molecule is Cc1ccc(S(=O)(=O)NCCCN)cc1C.Cl. The molecule has 0 saturated heterocycles. The summed E-state index contributed by atoms with van der Waals surface area (Å²) in [5, 5.41) is 0. The molecule has 0 heterocycles. The second-order valence-electron chi connectivity index (χ2n) is 3.79. The standard InChI is InChI=1S/C11H18N2O2S.ClH/c1-9-4-5-11(8-10(9)2)16(14,15)13-7-3-6-12;/h4-5,8,13H,3,6-7,12H2,1-2H3;1H. The third-order valence-corrected chi connectivity index (χ3v) is 3.92. The molecule has 0 aromatic heterocycles. The first kappa shape index (κ1) is 16.4. The first-order valence-corrected chi connectivity index (χ1v) is 6.72. The Kier molecular flexibility index (Phi) is 6.70. The van der Waals surface area contributed by atoms with Gasteiger partial charge in [0.2, 0.25) is 10.0 Å². The summed E-state index contributed by atoms with van der Waals surface area (Å²) in [5.41, 5.74) is 7.36. The van der Waals surface area contributed by atoms with E-state index in [1.807, 2.05) is 19.9 Å². The monoisotopic (exact) mass is 278 g/mol. The van der Waals surface area contributed by atoms with Gasteiger partial charge in [-0.1, -0.05) is 6.07 Å². The fourth-order valence-corrected chi connectivity index (χ4v) is 2.43. The van der Waals surface area contributed by atoms with Crippen LogP contribution < -0.4 is 10.5 Å². The molecule has 0 spiro atoms. The van der Waals surface area contributed by atoms with E-state index in [4.69, 9.17) is 5.73 Å². The molecule has 0 amide bonds. The molecule has 6 heteroatoms. The third kappa shape index (κ3) is 4.63. The van der Waals surface area contributed by atoms with Gasteiger partial charge in [0, 0.05) is 6.54 Å². The molecule has 0 atom stereocenters. The average Bonchev–Trinajstić information content (AvgIpc) is 2.22. The minimum Gasteiger partial charge on any atom is -0.330 e. The fraction of sp³-hybridized carbons (Fsp3) is 0.455. The van der Waals surface area contributed by atoms with Gasteiger partial charge in [-0.05, 0) is 50.1 Å². The van der Waals surface area contributed by atoms with Gasteiger partial charge in [0.05, 0.1) is 4.90 Å². The summed E-state index contributed by atoms with van der Waals surface area (Å²) in [5.74, 6) is 0. The topological polar surface area (TPSA) is 72.2 Å². The molecule has 17 heavy (non-hydrogen) atoms. The lowest BCUT2D eigenvalue weighted by molar-refractivity contribution is 0.579. The van der Waals surface area contributed by atoms with E-state index in [2.05, 4.69) is 4.72 Å². The van der Waals surface area contributed by atoms with Crippen LogP contribution in [0, 0.1) is 13.8 Å². The zero-order valence-corrected chi connectivity index (χ0v) is 11.7. The maximum Gasteiger partial charge on any atom is 0.240 e. The van der Waals surface area contributed by atoms with Gasteiger partial charge in [-0.3, -0.25) is 0 Å². The van der Waals surface area contributed by atoms with E-state index in [-0.39, 0.29) is 12.4 Å². The molecule has 0 fully saturated rings. The zero-order chi connectivity index (χ0) is 12.2. The normalized spacial score (nSPS) is 11.0. The highest BCUT2D eigenvalue weighted by Gasteiger charge is 2.13. The Balaban J connectivity index is 0.00000256. The molecule has 1 aromatic rings. The Morgan fingerprint density at radius 2 is 1.88 bits per heavy atom. The van der Waals surface area contributed by atoms with Crippen molar-refractivity contribution in [2.75, 3.05) is 13.1 Å². The third-order valence-electron chi connectivity index (χ3n) is 2.46. The van der Waals surface area contributed by atoms with Crippen LogP contribution in [0.25, 0.3) is 0 Å². The quantitative estimate of drug-likeness (QED) is 0.799. The van der Waals surface area contributed by atoms with Gasteiger partial charge in [0.15, 0.2) is 0 Å². The maximum absolute atomic E-state index is 11.8. The number of nitrogens with one attached hydrogen (secondary N) is 1. The van der Waals surface area contributed by atoms with E-state index in [9.17, 15) is 8.42 Å². The lowest BCUT2D eigenvalue weighted by Gasteiger charge is -2.08. The number of rotatable bonds is 5. The summed E-state index contributed by atoms with van der Waals surface area (Å²) < 4.78 is 26.2. The summed E-state index contributed by atoms with van der Waals surface area (Å²) in [6, 6.07) is 5.11. The number of halogens is 1. The van der Waals surface area contributed by atoms with Crippen molar-refractivity contribution in [2.24, 2.45) is 5.73 Å². The smallest absolute Gasteiger partial charge is 0.240 e. The van der Waals surface area contributed by atoms with E-state index in [1.165, 1.54) is 0 Å². The van der Waals surface area contributed by atoms with Gasteiger partial charge in [-0.15, -0.1) is 12.4 Å². The highest BCUT2D eigenvalue weighted by Crippen LogP contribution is 2.14. The molecular weight excluding hydrogens is 260 g/mol. The molecule has 98 valence electrons. The van der Waals surface area contributed by atoms with Crippen molar-refractivity contribution in [3.05, 3.63) is 29.3 Å². The van der Waals surface area contributed by atoms with Crippen molar-refractivity contribution < 1.29 is 8.42 Å². The molecule has 1 aromatic carbocycles. The maximum atomic E-state index is 11.8. The highest BCUT2D eigenvalue weighted by atomic mass is 35.5. The van der Waals surface area contributed by atoms with Crippen molar-refractivity contribution in [1.29, 1.82) is 0 Å². The number of hydrogen-bond acceptors (Lipinski definition) is 3. The second-order valence-corrected chi connectivity index (χ2v) is 5.55. The van der Waals surface area contributed by atoms with Crippen LogP contribution in [0.1, 0.15) is 17.5 Å². The van der Waals surface area contributed by atoms with Crippen LogP contribution in [-0.4, -0.2) is 21.5 Å². The van der Waals surface area contributed by atoms with Crippen LogP contribution in [-0.2, 0) is 10.0 Å². The summed E-state index contributed by atoms with van der Waals surface area (Å²) in [7, 11) is -3.38. The molecular formula is C11H19ClN2O2S. The fourth-order valence-electron chi connectivity index (χ4n) is 1.27. The predicted octanol–water partition coefficient (Wildman–Crippen LogP) is 1.35. The lowest BCUT2D eigenvalue weighted by atomic mass is 10.1. The number of benzene rings is 1. The summed E-state index contributed by atoms with van der Waals surface area (Å²) in [6.45, 7) is 4.71. The number of aryl methyl sites for hydroxylation is 2. The van der Waals surface area contributed by atoms with Crippen molar-refractivity contribution in [2.45, 2.75) is 25.2 Å². The Labute approximate surface area is 109 Å². The predicted molar refractivity (Wildman–Crippen MR) is 72.0 cm³/mol. The average molecular weight is 279 g/mol. The molecule has 0 bridgehead atoms. The van der Waals surface area contributed by atoms with Crippen LogP contribution in [0.4, 0.5) is 0 Å². The van der Waals surface area contributed by atoms with E-state index in [0.717, 1.165) is 11.1 Å². The Morgan fingerprint density at radius 3 is 2.41 bits per heavy atom. The molecule has 0 aliphatic heterocycles. The minimum absolute atomic E-state index is 0. The van der Waals surface area contributed by atoms with Crippen molar-refractivity contribution in [3.8, 4) is 0 Å². The minimum atomic E-state index is -3.38. The molecule has 1 rings (SSSR count). The Hall–Kier alpha value is -0.620. The van der Waals surface area contributed by atoms with Crippen LogP contribution >= 0.6 is 12.4 Å². The summed E-state index contributed by atoms with van der Waals surface area (Å²) in [6.07, 6.45) is 0.643. The van der Waals surface area contributed by atoms with E-state index in [0.29, 0.717) is 24.4 Å².